The van der Waals surface area contributed by atoms with Crippen LogP contribution in [0.5, 0.6) is 5.75 Å². The summed E-state index contributed by atoms with van der Waals surface area (Å²) < 4.78 is 22.6. The largest absolute Gasteiger partial charge is 0.494 e. The number of benzene rings is 1. The van der Waals surface area contributed by atoms with Gasteiger partial charge < -0.3 is 4.74 Å². The second kappa shape index (κ2) is 6.74. The zero-order chi connectivity index (χ0) is 14.5. The third-order valence-corrected chi connectivity index (χ3v) is 3.97. The van der Waals surface area contributed by atoms with E-state index in [-0.39, 0.29) is 17.6 Å². The van der Waals surface area contributed by atoms with Gasteiger partial charge in [0.25, 0.3) is 0 Å². The van der Waals surface area contributed by atoms with Crippen LogP contribution in [-0.4, -0.2) is 16.7 Å². The normalized spacial score (nSPS) is 12.4. The van der Waals surface area contributed by atoms with E-state index in [9.17, 15) is 4.39 Å². The van der Waals surface area contributed by atoms with E-state index in [1.807, 2.05) is 13.0 Å². The number of hydrogen-bond acceptors (Lipinski definition) is 6. The molecule has 0 saturated carbocycles. The van der Waals surface area contributed by atoms with Crippen molar-refractivity contribution in [3.63, 3.8) is 0 Å². The van der Waals surface area contributed by atoms with E-state index >= 15 is 0 Å². The molecular weight excluding hydrogens is 279 g/mol. The molecule has 20 heavy (non-hydrogen) atoms. The number of halogens is 1. The fraction of sp³-hybridized carbons (Fsp3) is 0.385. The van der Waals surface area contributed by atoms with E-state index in [1.165, 1.54) is 24.7 Å². The van der Waals surface area contributed by atoms with Gasteiger partial charge in [-0.25, -0.2) is 4.39 Å². The number of aromatic nitrogens is 2. The van der Waals surface area contributed by atoms with Crippen LogP contribution in [0.25, 0.3) is 0 Å². The van der Waals surface area contributed by atoms with Gasteiger partial charge in [-0.15, -0.1) is 5.10 Å². The van der Waals surface area contributed by atoms with Crippen LogP contribution < -0.4 is 16.0 Å². The van der Waals surface area contributed by atoms with Crippen LogP contribution in [0, 0.1) is 5.82 Å². The number of rotatable bonds is 6. The van der Waals surface area contributed by atoms with Gasteiger partial charge in [-0.2, -0.15) is 0 Å². The maximum Gasteiger partial charge on any atom is 0.165 e. The minimum Gasteiger partial charge on any atom is -0.494 e. The van der Waals surface area contributed by atoms with Crippen molar-refractivity contribution in [3.05, 3.63) is 40.2 Å². The third-order valence-electron chi connectivity index (χ3n) is 3.09. The molecule has 0 amide bonds. The highest BCUT2D eigenvalue weighted by Gasteiger charge is 2.18. The van der Waals surface area contributed by atoms with Gasteiger partial charge in [-0.3, -0.25) is 11.3 Å². The highest BCUT2D eigenvalue weighted by atomic mass is 32.1. The maximum absolute atomic E-state index is 13.7. The lowest BCUT2D eigenvalue weighted by atomic mass is 10.0. The molecular formula is C13H17FN4OS. The molecule has 1 aromatic heterocycles. The van der Waals surface area contributed by atoms with E-state index < -0.39 is 0 Å². The average molecular weight is 296 g/mol. The Labute approximate surface area is 121 Å². The van der Waals surface area contributed by atoms with Crippen LogP contribution in [-0.2, 0) is 12.8 Å². The van der Waals surface area contributed by atoms with Gasteiger partial charge in [0, 0.05) is 0 Å². The Morgan fingerprint density at radius 3 is 2.90 bits per heavy atom. The Kier molecular flexibility index (Phi) is 4.99. The molecule has 0 saturated heterocycles. The molecule has 108 valence electrons. The Hall–Kier alpha value is -1.57. The Bertz CT molecular complexity index is 575. The van der Waals surface area contributed by atoms with Crippen LogP contribution in [0.15, 0.2) is 18.2 Å². The monoisotopic (exact) mass is 296 g/mol. The minimum atomic E-state index is -0.376. The maximum atomic E-state index is 13.7. The van der Waals surface area contributed by atoms with Gasteiger partial charge in [0.1, 0.15) is 0 Å². The standard InChI is InChI=1S/C13H17FN4OS/c1-3-10-13(20-18-17-10)11(16-15)7-8-4-5-12(19-2)9(14)6-8/h4-6,11,16H,3,7,15H2,1-2H3. The Morgan fingerprint density at radius 1 is 1.50 bits per heavy atom. The van der Waals surface area contributed by atoms with Crippen LogP contribution in [0.1, 0.15) is 29.1 Å². The molecule has 1 unspecified atom stereocenters. The number of hydrazine groups is 1. The summed E-state index contributed by atoms with van der Waals surface area (Å²) in [5.74, 6) is 5.47. The lowest BCUT2D eigenvalue weighted by Crippen LogP contribution is -2.29. The quantitative estimate of drug-likeness (QED) is 0.630. The molecule has 3 N–H and O–H groups in total. The van der Waals surface area contributed by atoms with Crippen LogP contribution in [0.3, 0.4) is 0 Å². The molecule has 0 aliphatic rings. The summed E-state index contributed by atoms with van der Waals surface area (Å²) in [6.07, 6.45) is 1.36. The molecule has 0 spiro atoms. The first-order valence-electron chi connectivity index (χ1n) is 6.29. The van der Waals surface area contributed by atoms with Crippen molar-refractivity contribution in [2.75, 3.05) is 7.11 Å². The summed E-state index contributed by atoms with van der Waals surface area (Å²) in [6, 6.07) is 4.78. The van der Waals surface area contributed by atoms with E-state index in [0.29, 0.717) is 6.42 Å². The lowest BCUT2D eigenvalue weighted by Gasteiger charge is -2.15. The number of nitrogens with two attached hydrogens (primary N) is 1. The molecule has 2 aromatic rings. The summed E-state index contributed by atoms with van der Waals surface area (Å²) in [6.45, 7) is 2.01. The minimum absolute atomic E-state index is 0.127. The van der Waals surface area contributed by atoms with Crippen molar-refractivity contribution in [1.29, 1.82) is 0 Å². The van der Waals surface area contributed by atoms with Crippen molar-refractivity contribution in [3.8, 4) is 5.75 Å². The topological polar surface area (TPSA) is 73.1 Å². The highest BCUT2D eigenvalue weighted by Crippen LogP contribution is 2.26. The van der Waals surface area contributed by atoms with Crippen molar-refractivity contribution < 1.29 is 9.13 Å². The molecule has 2 rings (SSSR count). The van der Waals surface area contributed by atoms with Gasteiger partial charge in [0.2, 0.25) is 0 Å². The van der Waals surface area contributed by atoms with Crippen molar-refractivity contribution in [1.82, 2.24) is 15.0 Å². The second-order valence-electron chi connectivity index (χ2n) is 4.33. The number of ether oxygens (including phenoxy) is 1. The second-order valence-corrected chi connectivity index (χ2v) is 5.12. The fourth-order valence-electron chi connectivity index (χ4n) is 2.03. The van der Waals surface area contributed by atoms with Crippen molar-refractivity contribution in [2.24, 2.45) is 5.84 Å². The first kappa shape index (κ1) is 14.8. The highest BCUT2D eigenvalue weighted by molar-refractivity contribution is 7.05. The molecule has 0 bridgehead atoms. The summed E-state index contributed by atoms with van der Waals surface area (Å²) in [7, 11) is 1.44. The van der Waals surface area contributed by atoms with Crippen LogP contribution >= 0.6 is 11.5 Å². The first-order valence-corrected chi connectivity index (χ1v) is 7.06. The van der Waals surface area contributed by atoms with Crippen LogP contribution in [0.4, 0.5) is 4.39 Å². The van der Waals surface area contributed by atoms with Gasteiger partial charge in [-0.1, -0.05) is 17.5 Å². The average Bonchev–Trinajstić information content (AvgIpc) is 2.93. The van der Waals surface area contributed by atoms with E-state index in [1.54, 1.807) is 6.07 Å². The number of hydrogen-bond donors (Lipinski definition) is 2. The molecule has 0 aliphatic carbocycles. The molecule has 1 atom stereocenters. The predicted molar refractivity (Wildman–Crippen MR) is 76.0 cm³/mol. The molecule has 0 radical (unpaired) electrons. The van der Waals surface area contributed by atoms with Gasteiger partial charge in [0.15, 0.2) is 11.6 Å². The van der Waals surface area contributed by atoms with Gasteiger partial charge in [-0.05, 0) is 42.1 Å². The first-order chi connectivity index (χ1) is 9.69. The Balaban J connectivity index is 2.20. The Morgan fingerprint density at radius 2 is 2.30 bits per heavy atom. The van der Waals surface area contributed by atoms with E-state index in [2.05, 4.69) is 15.0 Å². The number of aryl methyl sites for hydroxylation is 1. The SMILES string of the molecule is CCc1nnsc1C(Cc1ccc(OC)c(F)c1)NN. The van der Waals surface area contributed by atoms with E-state index in [0.717, 1.165) is 22.6 Å². The zero-order valence-electron chi connectivity index (χ0n) is 11.4. The lowest BCUT2D eigenvalue weighted by molar-refractivity contribution is 0.386. The summed E-state index contributed by atoms with van der Waals surface area (Å²) in [5, 5.41) is 4.07. The molecule has 0 aliphatic heterocycles. The summed E-state index contributed by atoms with van der Waals surface area (Å²) in [4.78, 5) is 0.992. The fourth-order valence-corrected chi connectivity index (χ4v) is 2.82. The smallest absolute Gasteiger partial charge is 0.165 e. The van der Waals surface area contributed by atoms with Gasteiger partial charge in [0.05, 0.1) is 23.7 Å². The van der Waals surface area contributed by atoms with Crippen molar-refractivity contribution >= 4 is 11.5 Å². The van der Waals surface area contributed by atoms with Gasteiger partial charge >= 0.3 is 0 Å². The third kappa shape index (κ3) is 3.12. The van der Waals surface area contributed by atoms with Crippen molar-refractivity contribution in [2.45, 2.75) is 25.8 Å². The van der Waals surface area contributed by atoms with E-state index in [4.69, 9.17) is 10.6 Å². The number of methoxy groups -OCH3 is 1. The zero-order valence-corrected chi connectivity index (χ0v) is 12.2. The number of nitrogens with one attached hydrogen (secondary N) is 1. The molecule has 0 fully saturated rings. The molecule has 1 aromatic carbocycles. The molecule has 1 heterocycles. The van der Waals surface area contributed by atoms with Crippen LogP contribution in [0.2, 0.25) is 0 Å². The summed E-state index contributed by atoms with van der Waals surface area (Å²) >= 11 is 1.32. The number of nitrogens with zero attached hydrogens (tertiary/aromatic N) is 2. The molecule has 7 heteroatoms. The molecule has 5 nitrogen and oxygen atoms in total. The summed E-state index contributed by atoms with van der Waals surface area (Å²) in [5.41, 5.74) is 4.51. The predicted octanol–water partition coefficient (Wildman–Crippen LogP) is 2.00.